The van der Waals surface area contributed by atoms with Gasteiger partial charge in [0.25, 0.3) is 0 Å². The first-order valence-electron chi connectivity index (χ1n) is 8.13. The number of nitrogens with zero attached hydrogens (tertiary/aromatic N) is 2. The van der Waals surface area contributed by atoms with Crippen LogP contribution in [0.5, 0.6) is 0 Å². The molecule has 2 fully saturated rings. The molecule has 0 saturated carbocycles. The maximum absolute atomic E-state index is 12.8. The quantitative estimate of drug-likeness (QED) is 0.792. The smallest absolute Gasteiger partial charge is 0.248 e. The molecule has 0 spiro atoms. The van der Waals surface area contributed by atoms with Gasteiger partial charge in [0.15, 0.2) is 5.11 Å². The van der Waals surface area contributed by atoms with Crippen LogP contribution in [0.1, 0.15) is 32.8 Å². The average molecular weight is 360 g/mol. The number of rotatable bonds is 3. The standard InChI is InChI=1S/C17H20N4O3S/c1-4-10-5-7-11(8-6-10)18-14(23)12-9-13(22)20-16(25)19-15(24)17(2,3)21(12)20/h5-8,12H,4,9H2,1-3H3,(H,18,23)(H,19,24,25). The number of anilines is 1. The van der Waals surface area contributed by atoms with Crippen LogP contribution in [0.3, 0.4) is 0 Å². The fourth-order valence-corrected chi connectivity index (χ4v) is 3.39. The van der Waals surface area contributed by atoms with Crippen molar-refractivity contribution in [2.75, 3.05) is 5.32 Å². The number of aryl methyl sites for hydroxylation is 1. The van der Waals surface area contributed by atoms with Crippen molar-refractivity contribution >= 4 is 40.7 Å². The molecule has 0 aliphatic carbocycles. The van der Waals surface area contributed by atoms with Crippen LogP contribution in [-0.2, 0) is 20.8 Å². The summed E-state index contributed by atoms with van der Waals surface area (Å²) in [6.07, 6.45) is 0.881. The highest BCUT2D eigenvalue weighted by Crippen LogP contribution is 2.32. The molecule has 1 unspecified atom stereocenters. The molecule has 8 heteroatoms. The summed E-state index contributed by atoms with van der Waals surface area (Å²) in [5.41, 5.74) is 0.747. The van der Waals surface area contributed by atoms with Crippen LogP contribution in [0.4, 0.5) is 5.69 Å². The van der Waals surface area contributed by atoms with E-state index in [1.165, 1.54) is 15.6 Å². The molecule has 1 aromatic rings. The van der Waals surface area contributed by atoms with Crippen molar-refractivity contribution in [3.8, 4) is 0 Å². The van der Waals surface area contributed by atoms with Crippen LogP contribution < -0.4 is 10.6 Å². The lowest BCUT2D eigenvalue weighted by atomic mass is 10.00. The molecular formula is C17H20N4O3S. The van der Waals surface area contributed by atoms with Crippen LogP contribution in [-0.4, -0.2) is 44.4 Å². The Morgan fingerprint density at radius 3 is 2.56 bits per heavy atom. The molecule has 7 nitrogen and oxygen atoms in total. The minimum Gasteiger partial charge on any atom is -0.325 e. The molecular weight excluding hydrogens is 340 g/mol. The average Bonchev–Trinajstić information content (AvgIpc) is 2.93. The molecule has 1 aromatic carbocycles. The number of hydrogen-bond acceptors (Lipinski definition) is 5. The van der Waals surface area contributed by atoms with E-state index in [0.29, 0.717) is 5.69 Å². The minimum atomic E-state index is -1.07. The lowest BCUT2D eigenvalue weighted by Gasteiger charge is -2.45. The summed E-state index contributed by atoms with van der Waals surface area (Å²) >= 11 is 5.10. The zero-order valence-electron chi connectivity index (χ0n) is 14.3. The Hall–Kier alpha value is -2.32. The van der Waals surface area contributed by atoms with Gasteiger partial charge in [-0.25, -0.2) is 5.01 Å². The summed E-state index contributed by atoms with van der Waals surface area (Å²) in [5, 5.41) is 8.05. The number of fused-ring (bicyclic) bond motifs is 1. The van der Waals surface area contributed by atoms with Gasteiger partial charge in [-0.1, -0.05) is 19.1 Å². The monoisotopic (exact) mass is 360 g/mol. The van der Waals surface area contributed by atoms with Gasteiger partial charge in [-0.15, -0.1) is 0 Å². The van der Waals surface area contributed by atoms with Gasteiger partial charge in [-0.3, -0.25) is 19.7 Å². The molecule has 0 bridgehead atoms. The Balaban J connectivity index is 1.85. The van der Waals surface area contributed by atoms with Gasteiger partial charge >= 0.3 is 0 Å². The predicted octanol–water partition coefficient (Wildman–Crippen LogP) is 1.20. The van der Waals surface area contributed by atoms with E-state index in [9.17, 15) is 14.4 Å². The zero-order valence-corrected chi connectivity index (χ0v) is 15.1. The molecule has 0 aromatic heterocycles. The third-order valence-electron chi connectivity index (χ3n) is 4.59. The molecule has 25 heavy (non-hydrogen) atoms. The van der Waals surface area contributed by atoms with E-state index in [1.807, 2.05) is 24.3 Å². The van der Waals surface area contributed by atoms with Crippen LogP contribution in [0.25, 0.3) is 0 Å². The molecule has 3 amide bonds. The molecule has 2 N–H and O–H groups in total. The lowest BCUT2D eigenvalue weighted by molar-refractivity contribution is -0.154. The summed E-state index contributed by atoms with van der Waals surface area (Å²) in [6.45, 7) is 5.37. The van der Waals surface area contributed by atoms with Crippen molar-refractivity contribution in [2.24, 2.45) is 0 Å². The Labute approximate surface area is 151 Å². The normalized spacial score (nSPS) is 22.6. The number of hydrazine groups is 1. The molecule has 132 valence electrons. The Morgan fingerprint density at radius 1 is 1.32 bits per heavy atom. The number of carbonyl (C=O) groups is 3. The predicted molar refractivity (Wildman–Crippen MR) is 96.4 cm³/mol. The van der Waals surface area contributed by atoms with E-state index in [0.717, 1.165) is 6.42 Å². The number of benzene rings is 1. The summed E-state index contributed by atoms with van der Waals surface area (Å²) < 4.78 is 0. The second-order valence-corrected chi connectivity index (χ2v) is 7.01. The van der Waals surface area contributed by atoms with Crippen molar-refractivity contribution in [1.82, 2.24) is 15.3 Å². The Morgan fingerprint density at radius 2 is 1.96 bits per heavy atom. The van der Waals surface area contributed by atoms with Gasteiger partial charge in [-0.05, 0) is 50.2 Å². The second-order valence-electron chi connectivity index (χ2n) is 6.63. The summed E-state index contributed by atoms with van der Waals surface area (Å²) in [4.78, 5) is 37.4. The summed E-state index contributed by atoms with van der Waals surface area (Å²) in [5.74, 6) is -0.987. The van der Waals surface area contributed by atoms with Gasteiger partial charge in [0.1, 0.15) is 11.6 Å². The van der Waals surface area contributed by atoms with Crippen LogP contribution in [0, 0.1) is 0 Å². The molecule has 1 atom stereocenters. The number of amides is 3. The molecule has 2 aliphatic rings. The molecule has 2 saturated heterocycles. The fourth-order valence-electron chi connectivity index (χ4n) is 3.11. The number of nitrogens with one attached hydrogen (secondary N) is 2. The topological polar surface area (TPSA) is 81.8 Å². The number of hydrogen-bond donors (Lipinski definition) is 2. The van der Waals surface area contributed by atoms with Crippen LogP contribution in [0.15, 0.2) is 24.3 Å². The van der Waals surface area contributed by atoms with Gasteiger partial charge in [0.2, 0.25) is 17.7 Å². The van der Waals surface area contributed by atoms with Crippen molar-refractivity contribution < 1.29 is 14.4 Å². The first kappa shape index (κ1) is 17.5. The van der Waals surface area contributed by atoms with Crippen molar-refractivity contribution in [3.63, 3.8) is 0 Å². The number of carbonyl (C=O) groups excluding carboxylic acids is 3. The maximum Gasteiger partial charge on any atom is 0.248 e. The van der Waals surface area contributed by atoms with Gasteiger partial charge < -0.3 is 5.32 Å². The van der Waals surface area contributed by atoms with Crippen molar-refractivity contribution in [2.45, 2.75) is 45.2 Å². The van der Waals surface area contributed by atoms with E-state index in [4.69, 9.17) is 12.2 Å². The highest BCUT2D eigenvalue weighted by Gasteiger charge is 2.56. The third-order valence-corrected chi connectivity index (χ3v) is 4.86. The first-order valence-corrected chi connectivity index (χ1v) is 8.54. The van der Waals surface area contributed by atoms with E-state index in [-0.39, 0.29) is 29.3 Å². The zero-order chi connectivity index (χ0) is 18.4. The molecule has 2 heterocycles. The van der Waals surface area contributed by atoms with Crippen molar-refractivity contribution in [3.05, 3.63) is 29.8 Å². The van der Waals surface area contributed by atoms with E-state index in [1.54, 1.807) is 13.8 Å². The fraction of sp³-hybridized carbons (Fsp3) is 0.412. The van der Waals surface area contributed by atoms with E-state index < -0.39 is 11.6 Å². The summed E-state index contributed by atoms with van der Waals surface area (Å²) in [6, 6.07) is 6.73. The van der Waals surface area contributed by atoms with Gasteiger partial charge in [-0.2, -0.15) is 5.01 Å². The molecule has 0 radical (unpaired) electrons. The van der Waals surface area contributed by atoms with Crippen LogP contribution in [0.2, 0.25) is 0 Å². The highest BCUT2D eigenvalue weighted by molar-refractivity contribution is 7.80. The van der Waals surface area contributed by atoms with Crippen molar-refractivity contribution in [1.29, 1.82) is 0 Å². The molecule has 2 aliphatic heterocycles. The SMILES string of the molecule is CCc1ccc(NC(=O)C2CC(=O)N3C(=S)NC(=O)C(C)(C)N23)cc1. The minimum absolute atomic E-state index is 0.0110. The highest BCUT2D eigenvalue weighted by atomic mass is 32.1. The third kappa shape index (κ3) is 2.91. The van der Waals surface area contributed by atoms with Gasteiger partial charge in [0, 0.05) is 5.69 Å². The number of thiocarbonyl (C=S) groups is 1. The largest absolute Gasteiger partial charge is 0.325 e. The van der Waals surface area contributed by atoms with Crippen LogP contribution >= 0.6 is 12.2 Å². The van der Waals surface area contributed by atoms with E-state index >= 15 is 0 Å². The first-order chi connectivity index (χ1) is 11.8. The molecule has 3 rings (SSSR count). The van der Waals surface area contributed by atoms with Gasteiger partial charge in [0.05, 0.1) is 6.42 Å². The van der Waals surface area contributed by atoms with E-state index in [2.05, 4.69) is 17.6 Å². The second kappa shape index (κ2) is 6.20. The Bertz CT molecular complexity index is 760. The lowest BCUT2D eigenvalue weighted by Crippen LogP contribution is -2.71. The summed E-state index contributed by atoms with van der Waals surface area (Å²) in [7, 11) is 0. The Kier molecular flexibility index (Phi) is 4.34. The maximum atomic E-state index is 12.8.